The molecular weight excluding hydrogens is 320 g/mol. The number of amides is 2. The number of nitrogens with one attached hydrogen (secondary N) is 2. The first-order valence-corrected chi connectivity index (χ1v) is 8.32. The maximum absolute atomic E-state index is 12.4. The van der Waals surface area contributed by atoms with Crippen LogP contribution in [0.3, 0.4) is 0 Å². The van der Waals surface area contributed by atoms with Crippen LogP contribution in [0.5, 0.6) is 17.2 Å². The second-order valence-corrected chi connectivity index (χ2v) is 6.25. The van der Waals surface area contributed by atoms with Gasteiger partial charge < -0.3 is 24.8 Å². The molecule has 0 atom stereocenters. The predicted octanol–water partition coefficient (Wildman–Crippen LogP) is 3.28. The van der Waals surface area contributed by atoms with E-state index in [-0.39, 0.29) is 11.6 Å². The maximum atomic E-state index is 12.4. The van der Waals surface area contributed by atoms with Crippen molar-refractivity contribution in [2.75, 3.05) is 25.6 Å². The van der Waals surface area contributed by atoms with E-state index in [4.69, 9.17) is 14.2 Å². The van der Waals surface area contributed by atoms with Gasteiger partial charge in [0.05, 0.1) is 12.6 Å². The van der Waals surface area contributed by atoms with Crippen molar-refractivity contribution in [2.45, 2.75) is 18.4 Å². The molecule has 1 aliphatic carbocycles. The molecule has 6 heteroatoms. The fourth-order valence-electron chi connectivity index (χ4n) is 3.03. The summed E-state index contributed by atoms with van der Waals surface area (Å²) < 4.78 is 16.4. The van der Waals surface area contributed by atoms with Gasteiger partial charge in [-0.05, 0) is 42.7 Å². The number of carbonyl (C=O) groups is 1. The normalized spacial score (nSPS) is 16.7. The van der Waals surface area contributed by atoms with E-state index in [1.54, 1.807) is 13.2 Å². The van der Waals surface area contributed by atoms with Gasteiger partial charge in [0.1, 0.15) is 19.0 Å². The summed E-state index contributed by atoms with van der Waals surface area (Å²) in [6.45, 7) is 1.12. The fraction of sp³-hybridized carbons (Fsp3) is 0.316. The van der Waals surface area contributed by atoms with E-state index in [1.165, 1.54) is 0 Å². The van der Waals surface area contributed by atoms with Crippen molar-refractivity contribution in [1.29, 1.82) is 0 Å². The molecule has 2 amide bonds. The van der Waals surface area contributed by atoms with Gasteiger partial charge in [-0.2, -0.15) is 0 Å². The summed E-state index contributed by atoms with van der Waals surface area (Å²) in [6, 6.07) is 12.9. The highest BCUT2D eigenvalue weighted by atomic mass is 16.6. The number of fused-ring (bicyclic) bond motifs is 1. The Morgan fingerprint density at radius 3 is 2.64 bits per heavy atom. The zero-order chi connectivity index (χ0) is 17.3. The summed E-state index contributed by atoms with van der Waals surface area (Å²) in [7, 11) is 1.60. The molecule has 2 N–H and O–H groups in total. The van der Waals surface area contributed by atoms with Crippen molar-refractivity contribution in [1.82, 2.24) is 5.32 Å². The molecular formula is C19H20N2O4. The summed E-state index contributed by atoms with van der Waals surface area (Å²) >= 11 is 0. The zero-order valence-corrected chi connectivity index (χ0v) is 14.0. The molecule has 4 rings (SSSR count). The smallest absolute Gasteiger partial charge is 0.319 e. The number of ether oxygens (including phenoxy) is 3. The number of benzene rings is 2. The second-order valence-electron chi connectivity index (χ2n) is 6.25. The third-order valence-corrected chi connectivity index (χ3v) is 4.53. The summed E-state index contributed by atoms with van der Waals surface area (Å²) in [6.07, 6.45) is 1.80. The Kier molecular flexibility index (Phi) is 3.87. The lowest BCUT2D eigenvalue weighted by Crippen LogP contribution is -2.38. The van der Waals surface area contributed by atoms with Gasteiger partial charge in [-0.15, -0.1) is 0 Å². The Labute approximate surface area is 146 Å². The van der Waals surface area contributed by atoms with Crippen LogP contribution >= 0.6 is 0 Å². The summed E-state index contributed by atoms with van der Waals surface area (Å²) in [5.74, 6) is 2.20. The Morgan fingerprint density at radius 2 is 1.88 bits per heavy atom. The third-order valence-electron chi connectivity index (χ3n) is 4.53. The Morgan fingerprint density at radius 1 is 1.08 bits per heavy atom. The topological polar surface area (TPSA) is 68.8 Å². The van der Waals surface area contributed by atoms with E-state index < -0.39 is 0 Å². The highest BCUT2D eigenvalue weighted by Crippen LogP contribution is 2.47. The lowest BCUT2D eigenvalue weighted by Gasteiger charge is -2.23. The molecule has 1 aliphatic heterocycles. The standard InChI is InChI=1S/C19H20N2O4/c1-23-15-4-2-3-14(12-15)20-18(22)21-19(7-8-19)13-5-6-16-17(11-13)25-10-9-24-16/h2-6,11-12H,7-10H2,1H3,(H2,20,21,22). The van der Waals surface area contributed by atoms with E-state index in [1.807, 2.05) is 36.4 Å². The first kappa shape index (κ1) is 15.6. The highest BCUT2D eigenvalue weighted by Gasteiger charge is 2.46. The van der Waals surface area contributed by atoms with Crippen LogP contribution in [-0.2, 0) is 5.54 Å². The molecule has 6 nitrogen and oxygen atoms in total. The first-order valence-electron chi connectivity index (χ1n) is 8.32. The SMILES string of the molecule is COc1cccc(NC(=O)NC2(c3ccc4c(c3)OCCO4)CC2)c1. The van der Waals surface area contributed by atoms with Crippen LogP contribution in [0.2, 0.25) is 0 Å². The van der Waals surface area contributed by atoms with Gasteiger partial charge in [-0.1, -0.05) is 12.1 Å². The van der Waals surface area contributed by atoms with Crippen molar-refractivity contribution in [3.05, 3.63) is 48.0 Å². The molecule has 0 unspecified atom stereocenters. The summed E-state index contributed by atoms with van der Waals surface area (Å²) in [5, 5.41) is 5.95. The minimum atomic E-state index is -0.335. The monoisotopic (exact) mass is 340 g/mol. The average Bonchev–Trinajstić information content (AvgIpc) is 3.42. The molecule has 1 saturated carbocycles. The average molecular weight is 340 g/mol. The molecule has 2 aliphatic rings. The van der Waals surface area contributed by atoms with Crippen molar-refractivity contribution < 1.29 is 19.0 Å². The molecule has 1 fully saturated rings. The molecule has 0 aromatic heterocycles. The van der Waals surface area contributed by atoms with Crippen molar-refractivity contribution in [3.63, 3.8) is 0 Å². The van der Waals surface area contributed by atoms with Crippen molar-refractivity contribution in [2.24, 2.45) is 0 Å². The molecule has 0 bridgehead atoms. The molecule has 130 valence electrons. The van der Waals surface area contributed by atoms with Gasteiger partial charge in [-0.3, -0.25) is 0 Å². The number of methoxy groups -OCH3 is 1. The molecule has 25 heavy (non-hydrogen) atoms. The Hall–Kier alpha value is -2.89. The van der Waals surface area contributed by atoms with Crippen LogP contribution in [0.25, 0.3) is 0 Å². The largest absolute Gasteiger partial charge is 0.497 e. The minimum absolute atomic E-state index is 0.236. The van der Waals surface area contributed by atoms with E-state index >= 15 is 0 Å². The van der Waals surface area contributed by atoms with Crippen LogP contribution in [0.4, 0.5) is 10.5 Å². The molecule has 1 heterocycles. The molecule has 2 aromatic carbocycles. The number of urea groups is 1. The van der Waals surface area contributed by atoms with Crippen molar-refractivity contribution >= 4 is 11.7 Å². The second kappa shape index (κ2) is 6.20. The number of hydrogen-bond donors (Lipinski definition) is 2. The van der Waals surface area contributed by atoms with Gasteiger partial charge in [0.2, 0.25) is 0 Å². The van der Waals surface area contributed by atoms with E-state index in [0.717, 1.165) is 29.9 Å². The number of hydrogen-bond acceptors (Lipinski definition) is 4. The number of anilines is 1. The van der Waals surface area contributed by atoms with Gasteiger partial charge in [0, 0.05) is 11.8 Å². The highest BCUT2D eigenvalue weighted by molar-refractivity contribution is 5.90. The van der Waals surface area contributed by atoms with Crippen LogP contribution in [-0.4, -0.2) is 26.4 Å². The molecule has 2 aromatic rings. The van der Waals surface area contributed by atoms with Gasteiger partial charge >= 0.3 is 6.03 Å². The summed E-state index contributed by atoms with van der Waals surface area (Å²) in [5.41, 5.74) is 1.39. The fourth-order valence-corrected chi connectivity index (χ4v) is 3.03. The van der Waals surface area contributed by atoms with Crippen LogP contribution in [0, 0.1) is 0 Å². The van der Waals surface area contributed by atoms with Crippen molar-refractivity contribution in [3.8, 4) is 17.2 Å². The zero-order valence-electron chi connectivity index (χ0n) is 14.0. The lowest BCUT2D eigenvalue weighted by molar-refractivity contribution is 0.171. The minimum Gasteiger partial charge on any atom is -0.497 e. The number of rotatable bonds is 4. The third kappa shape index (κ3) is 3.20. The van der Waals surface area contributed by atoms with Gasteiger partial charge in [0.25, 0.3) is 0 Å². The van der Waals surface area contributed by atoms with Crippen LogP contribution < -0.4 is 24.8 Å². The van der Waals surface area contributed by atoms with E-state index in [2.05, 4.69) is 10.6 Å². The van der Waals surface area contributed by atoms with E-state index in [9.17, 15) is 4.79 Å². The number of carbonyl (C=O) groups excluding carboxylic acids is 1. The molecule has 0 radical (unpaired) electrons. The summed E-state index contributed by atoms with van der Waals surface area (Å²) in [4.78, 5) is 12.4. The Balaban J connectivity index is 1.47. The lowest BCUT2D eigenvalue weighted by atomic mass is 10.0. The first-order chi connectivity index (χ1) is 12.2. The maximum Gasteiger partial charge on any atom is 0.319 e. The van der Waals surface area contributed by atoms with E-state index in [0.29, 0.717) is 24.7 Å². The molecule has 0 saturated heterocycles. The van der Waals surface area contributed by atoms with Gasteiger partial charge in [-0.25, -0.2) is 4.79 Å². The Bertz CT molecular complexity index is 802. The van der Waals surface area contributed by atoms with Crippen LogP contribution in [0.15, 0.2) is 42.5 Å². The quantitative estimate of drug-likeness (QED) is 0.896. The van der Waals surface area contributed by atoms with Crippen LogP contribution in [0.1, 0.15) is 18.4 Å². The van der Waals surface area contributed by atoms with Gasteiger partial charge in [0.15, 0.2) is 11.5 Å². The molecule has 0 spiro atoms. The predicted molar refractivity (Wildman–Crippen MR) is 93.5 cm³/mol.